The van der Waals surface area contributed by atoms with Crippen LogP contribution in [0.25, 0.3) is 22.8 Å². The zero-order chi connectivity index (χ0) is 14.3. The summed E-state index contributed by atoms with van der Waals surface area (Å²) in [5, 5.41) is 8.26. The Morgan fingerprint density at radius 3 is 2.45 bits per heavy atom. The second-order valence-electron chi connectivity index (χ2n) is 4.60. The van der Waals surface area contributed by atoms with Crippen LogP contribution in [-0.2, 0) is 7.05 Å². The van der Waals surface area contributed by atoms with Crippen LogP contribution in [0.5, 0.6) is 0 Å². The minimum atomic E-state index is -0.295. The summed E-state index contributed by atoms with van der Waals surface area (Å²) in [5.74, 6) is 0.562. The smallest absolute Gasteiger partial charge is 0.261 e. The largest absolute Gasteiger partial charge is 0.333 e. The Kier molecular flexibility index (Phi) is 2.85. The number of nitrogens with zero attached hydrogens (tertiary/aromatic N) is 4. The topological polar surface area (TPSA) is 56.7 Å². The summed E-state index contributed by atoms with van der Waals surface area (Å²) in [7, 11) is 1.86. The van der Waals surface area contributed by atoms with Crippen molar-refractivity contribution in [3.8, 4) is 22.8 Å². The lowest BCUT2D eigenvalue weighted by Crippen LogP contribution is -1.92. The Morgan fingerprint density at radius 2 is 1.85 bits per heavy atom. The molecule has 0 saturated heterocycles. The number of halogens is 1. The molecule has 0 atom stereocenters. The highest BCUT2D eigenvalue weighted by Crippen LogP contribution is 2.27. The monoisotopic (exact) mass is 272 g/mol. The van der Waals surface area contributed by atoms with Crippen molar-refractivity contribution in [1.82, 2.24) is 19.9 Å². The lowest BCUT2D eigenvalue weighted by molar-refractivity contribution is 0.432. The van der Waals surface area contributed by atoms with Gasteiger partial charge in [-0.1, -0.05) is 5.16 Å². The Balaban J connectivity index is 2.04. The number of hydrogen-bond donors (Lipinski definition) is 0. The molecule has 102 valence electrons. The summed E-state index contributed by atoms with van der Waals surface area (Å²) in [4.78, 5) is 4.36. The summed E-state index contributed by atoms with van der Waals surface area (Å²) in [6, 6.07) is 5.97. The van der Waals surface area contributed by atoms with Crippen LogP contribution in [0.1, 0.15) is 11.4 Å². The van der Waals surface area contributed by atoms with Crippen LogP contribution >= 0.6 is 0 Å². The zero-order valence-corrected chi connectivity index (χ0v) is 11.4. The molecule has 0 fully saturated rings. The van der Waals surface area contributed by atoms with E-state index in [2.05, 4.69) is 15.2 Å². The molecular weight excluding hydrogens is 259 g/mol. The second-order valence-corrected chi connectivity index (χ2v) is 4.60. The molecule has 0 spiro atoms. The van der Waals surface area contributed by atoms with Crippen molar-refractivity contribution in [3.05, 3.63) is 41.5 Å². The minimum Gasteiger partial charge on any atom is -0.333 e. The van der Waals surface area contributed by atoms with Gasteiger partial charge in [0.15, 0.2) is 0 Å². The standard InChI is InChI=1S/C14H13FN4O/c1-8-12(9(2)19(3)17-8)14-16-13(18-20-14)10-4-6-11(15)7-5-10/h4-7H,1-3H3. The van der Waals surface area contributed by atoms with Crippen LogP contribution in [0.15, 0.2) is 28.8 Å². The molecule has 0 unspecified atom stereocenters. The first-order valence-electron chi connectivity index (χ1n) is 6.16. The second kappa shape index (κ2) is 4.56. The summed E-state index contributed by atoms with van der Waals surface area (Å²) in [5.41, 5.74) is 3.34. The van der Waals surface area contributed by atoms with Crippen molar-refractivity contribution >= 4 is 0 Å². The molecule has 20 heavy (non-hydrogen) atoms. The molecule has 2 aromatic heterocycles. The van der Waals surface area contributed by atoms with Crippen molar-refractivity contribution < 1.29 is 8.91 Å². The first-order valence-corrected chi connectivity index (χ1v) is 6.16. The predicted molar refractivity (Wildman–Crippen MR) is 71.4 cm³/mol. The summed E-state index contributed by atoms with van der Waals surface area (Å²) < 4.78 is 20.0. The quantitative estimate of drug-likeness (QED) is 0.719. The predicted octanol–water partition coefficient (Wildman–Crippen LogP) is 2.89. The van der Waals surface area contributed by atoms with Gasteiger partial charge in [0.2, 0.25) is 5.82 Å². The summed E-state index contributed by atoms with van der Waals surface area (Å²) in [6.45, 7) is 3.83. The molecular formula is C14H13FN4O. The van der Waals surface area contributed by atoms with Crippen molar-refractivity contribution in [2.45, 2.75) is 13.8 Å². The van der Waals surface area contributed by atoms with Gasteiger partial charge in [-0.3, -0.25) is 4.68 Å². The number of hydrogen-bond acceptors (Lipinski definition) is 4. The van der Waals surface area contributed by atoms with Gasteiger partial charge < -0.3 is 4.52 Å². The van der Waals surface area contributed by atoms with Crippen LogP contribution < -0.4 is 0 Å². The molecule has 1 aromatic carbocycles. The molecule has 0 aliphatic heterocycles. The van der Waals surface area contributed by atoms with E-state index in [1.165, 1.54) is 12.1 Å². The normalized spacial score (nSPS) is 11.0. The number of benzene rings is 1. The van der Waals surface area contributed by atoms with Crippen molar-refractivity contribution in [1.29, 1.82) is 0 Å². The maximum Gasteiger partial charge on any atom is 0.261 e. The van der Waals surface area contributed by atoms with E-state index in [4.69, 9.17) is 4.52 Å². The number of rotatable bonds is 2. The first-order chi connectivity index (χ1) is 9.56. The van der Waals surface area contributed by atoms with E-state index >= 15 is 0 Å². The molecule has 0 amide bonds. The fourth-order valence-corrected chi connectivity index (χ4v) is 2.12. The van der Waals surface area contributed by atoms with Gasteiger partial charge in [-0.25, -0.2) is 4.39 Å². The highest BCUT2D eigenvalue weighted by atomic mass is 19.1. The molecule has 3 rings (SSSR count). The highest BCUT2D eigenvalue weighted by molar-refractivity contribution is 5.63. The third-order valence-corrected chi connectivity index (χ3v) is 3.25. The molecule has 6 heteroatoms. The van der Waals surface area contributed by atoms with E-state index in [1.54, 1.807) is 16.8 Å². The average molecular weight is 272 g/mol. The Hall–Kier alpha value is -2.50. The Morgan fingerprint density at radius 1 is 1.15 bits per heavy atom. The van der Waals surface area contributed by atoms with Crippen LogP contribution in [-0.4, -0.2) is 19.9 Å². The molecule has 5 nitrogen and oxygen atoms in total. The maximum absolute atomic E-state index is 12.9. The number of aromatic nitrogens is 4. The van der Waals surface area contributed by atoms with Gasteiger partial charge in [-0.2, -0.15) is 10.1 Å². The van der Waals surface area contributed by atoms with E-state index in [9.17, 15) is 4.39 Å². The van der Waals surface area contributed by atoms with E-state index in [1.807, 2.05) is 20.9 Å². The van der Waals surface area contributed by atoms with Crippen LogP contribution in [0.4, 0.5) is 4.39 Å². The molecule has 2 heterocycles. The third kappa shape index (κ3) is 1.99. The first kappa shape index (κ1) is 12.5. The lowest BCUT2D eigenvalue weighted by atomic mass is 10.2. The third-order valence-electron chi connectivity index (χ3n) is 3.25. The summed E-state index contributed by atoms with van der Waals surface area (Å²) >= 11 is 0. The Labute approximate surface area is 115 Å². The minimum absolute atomic E-state index is 0.295. The van der Waals surface area contributed by atoms with Crippen molar-refractivity contribution in [2.24, 2.45) is 7.05 Å². The SMILES string of the molecule is Cc1nn(C)c(C)c1-c1nc(-c2ccc(F)cc2)no1. The van der Waals surface area contributed by atoms with Crippen molar-refractivity contribution in [2.75, 3.05) is 0 Å². The molecule has 0 bridgehead atoms. The van der Waals surface area contributed by atoms with E-state index in [-0.39, 0.29) is 5.82 Å². The molecule has 0 radical (unpaired) electrons. The van der Waals surface area contributed by atoms with E-state index < -0.39 is 0 Å². The number of aryl methyl sites for hydroxylation is 2. The van der Waals surface area contributed by atoms with Crippen LogP contribution in [0.2, 0.25) is 0 Å². The van der Waals surface area contributed by atoms with Gasteiger partial charge in [-0.05, 0) is 38.1 Å². The van der Waals surface area contributed by atoms with Crippen LogP contribution in [0, 0.1) is 19.7 Å². The van der Waals surface area contributed by atoms with Gasteiger partial charge in [-0.15, -0.1) is 0 Å². The molecule has 0 N–H and O–H groups in total. The molecule has 0 aliphatic carbocycles. The van der Waals surface area contributed by atoms with Crippen LogP contribution in [0.3, 0.4) is 0 Å². The average Bonchev–Trinajstić information content (AvgIpc) is 2.97. The summed E-state index contributed by atoms with van der Waals surface area (Å²) in [6.07, 6.45) is 0. The van der Waals surface area contributed by atoms with Gasteiger partial charge in [0.1, 0.15) is 5.82 Å². The van der Waals surface area contributed by atoms with Crippen molar-refractivity contribution in [3.63, 3.8) is 0 Å². The molecule has 3 aromatic rings. The fraction of sp³-hybridized carbons (Fsp3) is 0.214. The van der Waals surface area contributed by atoms with Gasteiger partial charge in [0, 0.05) is 18.3 Å². The van der Waals surface area contributed by atoms with Gasteiger partial charge in [0.25, 0.3) is 5.89 Å². The maximum atomic E-state index is 12.9. The highest BCUT2D eigenvalue weighted by Gasteiger charge is 2.18. The molecule has 0 aliphatic rings. The van der Waals surface area contributed by atoms with E-state index in [0.29, 0.717) is 17.3 Å². The lowest BCUT2D eigenvalue weighted by Gasteiger charge is -1.95. The van der Waals surface area contributed by atoms with E-state index in [0.717, 1.165) is 17.0 Å². The fourth-order valence-electron chi connectivity index (χ4n) is 2.12. The molecule has 0 saturated carbocycles. The van der Waals surface area contributed by atoms with Gasteiger partial charge >= 0.3 is 0 Å². The Bertz CT molecular complexity index is 758. The van der Waals surface area contributed by atoms with Gasteiger partial charge in [0.05, 0.1) is 11.3 Å². The zero-order valence-electron chi connectivity index (χ0n) is 11.4.